The number of hydrogen-bond acceptors (Lipinski definition) is 4. The molecule has 0 saturated carbocycles. The van der Waals surface area contributed by atoms with E-state index in [1.807, 2.05) is 17.8 Å². The summed E-state index contributed by atoms with van der Waals surface area (Å²) in [6.07, 6.45) is 0.578. The third-order valence-electron chi connectivity index (χ3n) is 2.88. The average molecular weight is 243 g/mol. The minimum atomic E-state index is -0.221. The third kappa shape index (κ3) is 2.97. The van der Waals surface area contributed by atoms with Crippen molar-refractivity contribution in [2.75, 3.05) is 25.1 Å². The van der Waals surface area contributed by atoms with Gasteiger partial charge in [0.15, 0.2) is 0 Å². The van der Waals surface area contributed by atoms with Crippen molar-refractivity contribution >= 4 is 23.1 Å². The molecule has 0 spiro atoms. The van der Waals surface area contributed by atoms with Gasteiger partial charge >= 0.3 is 0 Å². The summed E-state index contributed by atoms with van der Waals surface area (Å²) < 4.78 is 0. The highest BCUT2D eigenvalue weighted by atomic mass is 32.2. The van der Waals surface area contributed by atoms with Crippen LogP contribution in [0.25, 0.3) is 0 Å². The maximum Gasteiger partial charge on any atom is 0.0751 e. The van der Waals surface area contributed by atoms with Gasteiger partial charge < -0.3 is 5.11 Å². The molecule has 1 aromatic rings. The van der Waals surface area contributed by atoms with Gasteiger partial charge in [-0.2, -0.15) is 11.8 Å². The largest absolute Gasteiger partial charge is 0.391 e. The van der Waals surface area contributed by atoms with Crippen molar-refractivity contribution in [1.29, 1.82) is 0 Å². The topological polar surface area (TPSA) is 23.5 Å². The summed E-state index contributed by atoms with van der Waals surface area (Å²) in [7, 11) is 2.11. The van der Waals surface area contributed by atoms with Crippen molar-refractivity contribution in [3.05, 3.63) is 22.4 Å². The maximum absolute atomic E-state index is 10.2. The maximum atomic E-state index is 10.2. The van der Waals surface area contributed by atoms with E-state index >= 15 is 0 Å². The monoisotopic (exact) mass is 243 g/mol. The Bertz CT molecular complexity index is 289. The summed E-state index contributed by atoms with van der Waals surface area (Å²) in [6.45, 7) is 1.09. The molecule has 0 radical (unpaired) electrons. The van der Waals surface area contributed by atoms with Gasteiger partial charge in [-0.15, -0.1) is 11.3 Å². The Morgan fingerprint density at radius 3 is 3.20 bits per heavy atom. The number of thiophene rings is 1. The van der Waals surface area contributed by atoms with Crippen LogP contribution in [0.1, 0.15) is 4.88 Å². The van der Waals surface area contributed by atoms with Crippen LogP contribution in [0.2, 0.25) is 0 Å². The predicted molar refractivity (Wildman–Crippen MR) is 67.8 cm³/mol. The Balaban J connectivity index is 1.91. The number of aliphatic hydroxyl groups is 1. The van der Waals surface area contributed by atoms with Gasteiger partial charge in [-0.25, -0.2) is 0 Å². The van der Waals surface area contributed by atoms with E-state index in [0.717, 1.165) is 18.7 Å². The van der Waals surface area contributed by atoms with Gasteiger partial charge in [0.2, 0.25) is 0 Å². The Hall–Kier alpha value is -0.0300. The van der Waals surface area contributed by atoms with Crippen LogP contribution in [0.5, 0.6) is 0 Å². The zero-order chi connectivity index (χ0) is 10.7. The molecule has 2 heterocycles. The van der Waals surface area contributed by atoms with Crippen molar-refractivity contribution in [1.82, 2.24) is 4.90 Å². The number of aliphatic hydroxyl groups excluding tert-OH is 1. The van der Waals surface area contributed by atoms with Gasteiger partial charge in [0.05, 0.1) is 6.10 Å². The zero-order valence-electron chi connectivity index (χ0n) is 8.93. The van der Waals surface area contributed by atoms with Crippen LogP contribution in [0.15, 0.2) is 17.5 Å². The summed E-state index contributed by atoms with van der Waals surface area (Å²) in [5, 5.41) is 12.2. The van der Waals surface area contributed by atoms with Gasteiger partial charge in [-0.1, -0.05) is 6.07 Å². The van der Waals surface area contributed by atoms with E-state index in [0.29, 0.717) is 6.04 Å². The first-order valence-electron chi connectivity index (χ1n) is 5.26. The molecular formula is C11H17NOS2. The molecule has 2 unspecified atom stereocenters. The zero-order valence-corrected chi connectivity index (χ0v) is 10.6. The molecule has 15 heavy (non-hydrogen) atoms. The number of likely N-dealkylation sites (N-methyl/N-ethyl adjacent to an activating group) is 1. The second-order valence-electron chi connectivity index (χ2n) is 3.97. The Kier molecular flexibility index (Phi) is 4.08. The Morgan fingerprint density at radius 2 is 2.53 bits per heavy atom. The van der Waals surface area contributed by atoms with Crippen molar-refractivity contribution in [3.8, 4) is 0 Å². The molecular weight excluding hydrogens is 226 g/mol. The Morgan fingerprint density at radius 1 is 1.67 bits per heavy atom. The molecule has 4 heteroatoms. The van der Waals surface area contributed by atoms with E-state index in [4.69, 9.17) is 0 Å². The van der Waals surface area contributed by atoms with E-state index in [1.165, 1.54) is 10.6 Å². The van der Waals surface area contributed by atoms with Crippen molar-refractivity contribution < 1.29 is 5.11 Å². The highest BCUT2D eigenvalue weighted by Gasteiger charge is 2.26. The molecule has 0 amide bonds. The van der Waals surface area contributed by atoms with Crippen LogP contribution >= 0.6 is 23.1 Å². The molecule has 2 nitrogen and oxygen atoms in total. The van der Waals surface area contributed by atoms with Crippen LogP contribution in [0.3, 0.4) is 0 Å². The van der Waals surface area contributed by atoms with E-state index in [2.05, 4.69) is 23.4 Å². The van der Waals surface area contributed by atoms with Crippen molar-refractivity contribution in [2.24, 2.45) is 0 Å². The van der Waals surface area contributed by atoms with Gasteiger partial charge in [0.25, 0.3) is 0 Å². The summed E-state index contributed by atoms with van der Waals surface area (Å²) in [5.41, 5.74) is 0. The first kappa shape index (κ1) is 11.5. The van der Waals surface area contributed by atoms with E-state index in [-0.39, 0.29) is 6.10 Å². The van der Waals surface area contributed by atoms with E-state index in [9.17, 15) is 5.11 Å². The number of nitrogens with zero attached hydrogens (tertiary/aromatic N) is 1. The Labute approximate surface area is 99.3 Å². The lowest BCUT2D eigenvalue weighted by molar-refractivity contribution is 0.0769. The normalized spacial score (nSPS) is 25.3. The number of thioether (sulfide) groups is 1. The molecule has 0 aliphatic carbocycles. The van der Waals surface area contributed by atoms with Crippen LogP contribution in [0, 0.1) is 0 Å². The highest BCUT2D eigenvalue weighted by molar-refractivity contribution is 7.99. The fraction of sp³-hybridized carbons (Fsp3) is 0.636. The summed E-state index contributed by atoms with van der Waals surface area (Å²) in [6, 6.07) is 4.47. The average Bonchev–Trinajstić information content (AvgIpc) is 2.71. The smallest absolute Gasteiger partial charge is 0.0751 e. The minimum Gasteiger partial charge on any atom is -0.391 e. The summed E-state index contributed by atoms with van der Waals surface area (Å²) >= 11 is 3.68. The van der Waals surface area contributed by atoms with Gasteiger partial charge in [0.1, 0.15) is 0 Å². The second kappa shape index (κ2) is 5.34. The summed E-state index contributed by atoms with van der Waals surface area (Å²) in [5.74, 6) is 2.25. The van der Waals surface area contributed by atoms with Crippen LogP contribution < -0.4 is 0 Å². The standard InChI is InChI=1S/C11H17NOS2/c1-12-4-6-14-8-10(12)11(13)7-9-3-2-5-15-9/h2-3,5,10-11,13H,4,6-8H2,1H3. The van der Waals surface area contributed by atoms with Crippen LogP contribution in [0.4, 0.5) is 0 Å². The third-order valence-corrected chi connectivity index (χ3v) is 4.82. The van der Waals surface area contributed by atoms with Gasteiger partial charge in [-0.3, -0.25) is 4.90 Å². The number of hydrogen-bond donors (Lipinski definition) is 1. The molecule has 1 saturated heterocycles. The molecule has 0 aromatic carbocycles. The van der Waals surface area contributed by atoms with Crippen molar-refractivity contribution in [3.63, 3.8) is 0 Å². The quantitative estimate of drug-likeness (QED) is 0.874. The first-order chi connectivity index (χ1) is 7.27. The van der Waals surface area contributed by atoms with E-state index in [1.54, 1.807) is 11.3 Å². The molecule has 1 aliphatic heterocycles. The summed E-state index contributed by atoms with van der Waals surface area (Å²) in [4.78, 5) is 3.57. The van der Waals surface area contributed by atoms with Gasteiger partial charge in [-0.05, 0) is 18.5 Å². The fourth-order valence-electron chi connectivity index (χ4n) is 1.88. The molecule has 84 valence electrons. The predicted octanol–water partition coefficient (Wildman–Crippen LogP) is 1.70. The lowest BCUT2D eigenvalue weighted by atomic mass is 10.1. The highest BCUT2D eigenvalue weighted by Crippen LogP contribution is 2.21. The molecule has 2 atom stereocenters. The number of rotatable bonds is 3. The molecule has 2 rings (SSSR count). The lowest BCUT2D eigenvalue weighted by Crippen LogP contribution is -2.47. The SMILES string of the molecule is CN1CCSCC1C(O)Cc1cccs1. The van der Waals surface area contributed by atoms with Crippen LogP contribution in [-0.4, -0.2) is 47.3 Å². The van der Waals surface area contributed by atoms with Crippen molar-refractivity contribution in [2.45, 2.75) is 18.6 Å². The first-order valence-corrected chi connectivity index (χ1v) is 7.29. The molecule has 1 aromatic heterocycles. The molecule has 0 bridgehead atoms. The minimum absolute atomic E-state index is 0.221. The van der Waals surface area contributed by atoms with E-state index < -0.39 is 0 Å². The molecule has 1 fully saturated rings. The van der Waals surface area contributed by atoms with Gasteiger partial charge in [0, 0.05) is 35.4 Å². The molecule has 1 aliphatic rings. The lowest BCUT2D eigenvalue weighted by Gasteiger charge is -2.35. The van der Waals surface area contributed by atoms with Crippen LogP contribution in [-0.2, 0) is 6.42 Å². The molecule has 1 N–H and O–H groups in total. The second-order valence-corrected chi connectivity index (χ2v) is 6.16. The fourth-order valence-corrected chi connectivity index (χ4v) is 3.94.